The van der Waals surface area contributed by atoms with E-state index in [4.69, 9.17) is 23.2 Å². The van der Waals surface area contributed by atoms with Crippen LogP contribution < -0.4 is 5.32 Å². The number of carbonyl (C=O) groups excluding carboxylic acids is 1. The zero-order chi connectivity index (χ0) is 20.8. The van der Waals surface area contributed by atoms with Crippen LogP contribution in [0.1, 0.15) is 24.8 Å². The van der Waals surface area contributed by atoms with Gasteiger partial charge in [0, 0.05) is 65.8 Å². The lowest BCUT2D eigenvalue weighted by molar-refractivity contribution is -0.139. The van der Waals surface area contributed by atoms with E-state index in [9.17, 15) is 4.79 Å². The molecule has 6 nitrogen and oxygen atoms in total. The number of hydrogen-bond acceptors (Lipinski definition) is 3. The molecule has 0 bridgehead atoms. The minimum absolute atomic E-state index is 0. The van der Waals surface area contributed by atoms with Gasteiger partial charge in [-0.2, -0.15) is 0 Å². The summed E-state index contributed by atoms with van der Waals surface area (Å²) < 4.78 is 0. The van der Waals surface area contributed by atoms with Crippen LogP contribution >= 0.6 is 47.2 Å². The van der Waals surface area contributed by atoms with Crippen LogP contribution in [0.5, 0.6) is 0 Å². The fourth-order valence-electron chi connectivity index (χ4n) is 3.80. The van der Waals surface area contributed by atoms with Gasteiger partial charge in [0.2, 0.25) is 5.91 Å². The molecule has 30 heavy (non-hydrogen) atoms. The van der Waals surface area contributed by atoms with Crippen molar-refractivity contribution in [2.45, 2.75) is 25.8 Å². The summed E-state index contributed by atoms with van der Waals surface area (Å²) >= 11 is 12.1. The number of nitrogens with one attached hydrogen (secondary N) is 1. The van der Waals surface area contributed by atoms with E-state index in [1.807, 2.05) is 25.2 Å². The summed E-state index contributed by atoms with van der Waals surface area (Å²) in [5.41, 5.74) is 1.08. The number of rotatable bonds is 6. The molecule has 1 amide bonds. The first-order valence-electron chi connectivity index (χ1n) is 10.3. The summed E-state index contributed by atoms with van der Waals surface area (Å²) in [5, 5.41) is 4.56. The van der Waals surface area contributed by atoms with Crippen LogP contribution in [-0.4, -0.2) is 79.9 Å². The van der Waals surface area contributed by atoms with Crippen molar-refractivity contribution < 1.29 is 4.79 Å². The number of carbonyl (C=O) groups is 1. The molecule has 1 saturated carbocycles. The van der Waals surface area contributed by atoms with E-state index in [-0.39, 0.29) is 24.0 Å². The second-order valence-electron chi connectivity index (χ2n) is 7.87. The molecular formula is C21H32Cl2IN5O. The molecule has 1 aliphatic heterocycles. The van der Waals surface area contributed by atoms with Gasteiger partial charge < -0.3 is 15.1 Å². The van der Waals surface area contributed by atoms with E-state index in [1.54, 1.807) is 7.05 Å². The van der Waals surface area contributed by atoms with Crippen LogP contribution in [0.3, 0.4) is 0 Å². The third kappa shape index (κ3) is 6.87. The lowest BCUT2D eigenvalue weighted by Gasteiger charge is -2.38. The third-order valence-corrected chi connectivity index (χ3v) is 6.57. The topological polar surface area (TPSA) is 51.2 Å². The molecule has 1 N–H and O–H groups in total. The number of aliphatic imine (C=N–C) groups is 1. The molecule has 1 aliphatic carbocycles. The maximum Gasteiger partial charge on any atom is 0.225 e. The third-order valence-electron chi connectivity index (χ3n) is 5.83. The molecule has 0 spiro atoms. The second-order valence-corrected chi connectivity index (χ2v) is 8.69. The molecule has 1 saturated heterocycles. The number of amides is 1. The average molecular weight is 568 g/mol. The Morgan fingerprint density at radius 2 is 1.90 bits per heavy atom. The lowest BCUT2D eigenvalue weighted by Crippen LogP contribution is -2.52. The molecule has 2 fully saturated rings. The van der Waals surface area contributed by atoms with E-state index in [0.29, 0.717) is 28.4 Å². The van der Waals surface area contributed by atoms with Crippen LogP contribution in [0.25, 0.3) is 0 Å². The second kappa shape index (κ2) is 12.3. The highest BCUT2D eigenvalue weighted by Gasteiger charge is 2.31. The van der Waals surface area contributed by atoms with E-state index < -0.39 is 0 Å². The highest BCUT2D eigenvalue weighted by molar-refractivity contribution is 14.0. The Bertz CT molecular complexity index is 736. The lowest BCUT2D eigenvalue weighted by atomic mass is 9.84. The molecule has 0 atom stereocenters. The van der Waals surface area contributed by atoms with Crippen LogP contribution in [0, 0.1) is 5.92 Å². The quantitative estimate of drug-likeness (QED) is 0.324. The van der Waals surface area contributed by atoms with Crippen LogP contribution in [0.4, 0.5) is 0 Å². The number of halogens is 3. The number of benzene rings is 1. The van der Waals surface area contributed by atoms with E-state index in [2.05, 4.69) is 25.0 Å². The molecule has 1 heterocycles. The van der Waals surface area contributed by atoms with Crippen LogP contribution in [-0.2, 0) is 11.3 Å². The smallest absolute Gasteiger partial charge is 0.225 e. The van der Waals surface area contributed by atoms with E-state index >= 15 is 0 Å². The molecule has 1 aromatic carbocycles. The van der Waals surface area contributed by atoms with Crippen LogP contribution in [0.15, 0.2) is 23.2 Å². The summed E-state index contributed by atoms with van der Waals surface area (Å²) in [7, 11) is 3.79. The molecular weight excluding hydrogens is 536 g/mol. The zero-order valence-corrected chi connectivity index (χ0v) is 21.6. The Kier molecular flexibility index (Phi) is 10.5. The minimum atomic E-state index is 0. The summed E-state index contributed by atoms with van der Waals surface area (Å²) in [6.45, 7) is 6.02. The van der Waals surface area contributed by atoms with Crippen LogP contribution in [0.2, 0.25) is 10.0 Å². The first-order chi connectivity index (χ1) is 14.0. The van der Waals surface area contributed by atoms with Gasteiger partial charge in [0.15, 0.2) is 5.96 Å². The molecule has 9 heteroatoms. The Balaban J connectivity index is 0.00000320. The van der Waals surface area contributed by atoms with Crippen molar-refractivity contribution in [3.05, 3.63) is 33.8 Å². The van der Waals surface area contributed by atoms with Gasteiger partial charge in [-0.25, -0.2) is 0 Å². The van der Waals surface area contributed by atoms with Gasteiger partial charge >= 0.3 is 0 Å². The highest BCUT2D eigenvalue weighted by Crippen LogP contribution is 2.28. The number of nitrogens with zero attached hydrogens (tertiary/aromatic N) is 4. The predicted octanol–water partition coefficient (Wildman–Crippen LogP) is 3.56. The monoisotopic (exact) mass is 567 g/mol. The zero-order valence-electron chi connectivity index (χ0n) is 17.7. The fourth-order valence-corrected chi connectivity index (χ4v) is 4.12. The number of hydrogen-bond donors (Lipinski definition) is 1. The van der Waals surface area contributed by atoms with Gasteiger partial charge in [-0.15, -0.1) is 24.0 Å². The van der Waals surface area contributed by atoms with Crippen molar-refractivity contribution in [1.29, 1.82) is 0 Å². The molecule has 0 unspecified atom stereocenters. The van der Waals surface area contributed by atoms with Gasteiger partial charge in [0.25, 0.3) is 0 Å². The molecule has 0 radical (unpaired) electrons. The normalized spacial score (nSPS) is 17.9. The maximum absolute atomic E-state index is 12.4. The highest BCUT2D eigenvalue weighted by atomic mass is 127. The standard InChI is InChI=1S/C21H31Cl2N5O.HI/c1-24-21(26(2)15-16-6-7-18(22)19(23)14-16)25-8-9-27-10-12-28(13-11-27)20(29)17-4-3-5-17;/h6-7,14,17H,3-5,8-13,15H2,1-2H3,(H,24,25);1H. The molecule has 168 valence electrons. The fraction of sp³-hybridized carbons (Fsp3) is 0.619. The van der Waals surface area contributed by atoms with Crippen molar-refractivity contribution in [1.82, 2.24) is 20.0 Å². The van der Waals surface area contributed by atoms with Crippen molar-refractivity contribution >= 4 is 59.0 Å². The SMILES string of the molecule is CN=C(NCCN1CCN(C(=O)C2CCC2)CC1)N(C)Cc1ccc(Cl)c(Cl)c1.I. The molecule has 3 rings (SSSR count). The van der Waals surface area contributed by atoms with Gasteiger partial charge in [-0.05, 0) is 30.5 Å². The van der Waals surface area contributed by atoms with Crippen molar-refractivity contribution in [2.24, 2.45) is 10.9 Å². The number of piperazine rings is 1. The largest absolute Gasteiger partial charge is 0.355 e. The summed E-state index contributed by atoms with van der Waals surface area (Å²) in [6.07, 6.45) is 3.37. The minimum Gasteiger partial charge on any atom is -0.355 e. The average Bonchev–Trinajstić information content (AvgIpc) is 2.67. The maximum atomic E-state index is 12.4. The van der Waals surface area contributed by atoms with Gasteiger partial charge in [-0.3, -0.25) is 14.7 Å². The Hall–Kier alpha value is -0.770. The van der Waals surface area contributed by atoms with Crippen molar-refractivity contribution in [3.63, 3.8) is 0 Å². The van der Waals surface area contributed by atoms with Gasteiger partial charge in [-0.1, -0.05) is 35.7 Å². The Morgan fingerprint density at radius 1 is 1.20 bits per heavy atom. The van der Waals surface area contributed by atoms with Gasteiger partial charge in [0.05, 0.1) is 10.0 Å². The first kappa shape index (κ1) is 25.5. The van der Waals surface area contributed by atoms with E-state index in [1.165, 1.54) is 6.42 Å². The van der Waals surface area contributed by atoms with Crippen molar-refractivity contribution in [2.75, 3.05) is 53.4 Å². The molecule has 0 aromatic heterocycles. The Morgan fingerprint density at radius 3 is 2.47 bits per heavy atom. The van der Waals surface area contributed by atoms with E-state index in [0.717, 1.165) is 63.6 Å². The summed E-state index contributed by atoms with van der Waals surface area (Å²) in [5.74, 6) is 1.52. The van der Waals surface area contributed by atoms with Gasteiger partial charge in [0.1, 0.15) is 0 Å². The Labute approximate surface area is 207 Å². The predicted molar refractivity (Wildman–Crippen MR) is 135 cm³/mol. The molecule has 1 aromatic rings. The molecule has 2 aliphatic rings. The first-order valence-corrected chi connectivity index (χ1v) is 11.1. The summed E-state index contributed by atoms with van der Waals surface area (Å²) in [4.78, 5) is 23.3. The summed E-state index contributed by atoms with van der Waals surface area (Å²) in [6, 6.07) is 5.68. The van der Waals surface area contributed by atoms with Crippen molar-refractivity contribution in [3.8, 4) is 0 Å². The number of guanidine groups is 1.